The molecule has 0 fully saturated rings. The Morgan fingerprint density at radius 2 is 2.11 bits per heavy atom. The predicted molar refractivity (Wildman–Crippen MR) is 72.1 cm³/mol. The van der Waals surface area contributed by atoms with Crippen molar-refractivity contribution in [2.24, 2.45) is 0 Å². The van der Waals surface area contributed by atoms with E-state index in [4.69, 9.17) is 9.15 Å². The van der Waals surface area contributed by atoms with Gasteiger partial charge in [0, 0.05) is 25.0 Å². The Labute approximate surface area is 110 Å². The van der Waals surface area contributed by atoms with Gasteiger partial charge in [-0.3, -0.25) is 0 Å². The van der Waals surface area contributed by atoms with Crippen LogP contribution in [0.25, 0.3) is 11.0 Å². The van der Waals surface area contributed by atoms with E-state index in [1.54, 1.807) is 25.8 Å². The lowest BCUT2D eigenvalue weighted by Gasteiger charge is -2.07. The molecule has 0 aliphatic heterocycles. The van der Waals surface area contributed by atoms with Gasteiger partial charge in [0.05, 0.1) is 18.8 Å². The van der Waals surface area contributed by atoms with Gasteiger partial charge >= 0.3 is 0 Å². The monoisotopic (exact) mass is 255 g/mol. The standard InChI is InChI=1S/C14H13N3O2/c1-18-13-8-10(2-5-15-13)9-17-14-11-4-7-19-12(11)3-6-16-14/h2-8H,9H2,1H3,(H,16,17). The average Bonchev–Trinajstić information content (AvgIpc) is 2.94. The van der Waals surface area contributed by atoms with E-state index in [2.05, 4.69) is 15.3 Å². The third kappa shape index (κ3) is 2.35. The number of nitrogens with zero attached hydrogens (tertiary/aromatic N) is 2. The fraction of sp³-hybridized carbons (Fsp3) is 0.143. The summed E-state index contributed by atoms with van der Waals surface area (Å²) in [6, 6.07) is 7.57. The minimum Gasteiger partial charge on any atom is -0.481 e. The summed E-state index contributed by atoms with van der Waals surface area (Å²) in [5, 5.41) is 4.26. The molecule has 1 N–H and O–H groups in total. The third-order valence-corrected chi connectivity index (χ3v) is 2.85. The normalized spacial score (nSPS) is 10.6. The lowest BCUT2D eigenvalue weighted by atomic mass is 10.2. The first kappa shape index (κ1) is 11.5. The number of methoxy groups -OCH3 is 1. The summed E-state index contributed by atoms with van der Waals surface area (Å²) >= 11 is 0. The molecule has 0 atom stereocenters. The van der Waals surface area contributed by atoms with Gasteiger partial charge in [0.2, 0.25) is 5.88 Å². The van der Waals surface area contributed by atoms with Crippen LogP contribution < -0.4 is 10.1 Å². The lowest BCUT2D eigenvalue weighted by molar-refractivity contribution is 0.397. The molecular weight excluding hydrogens is 242 g/mol. The van der Waals surface area contributed by atoms with E-state index >= 15 is 0 Å². The molecule has 0 bridgehead atoms. The number of furan rings is 1. The van der Waals surface area contributed by atoms with Crippen LogP contribution in [0, 0.1) is 0 Å². The van der Waals surface area contributed by atoms with Crippen LogP contribution in [-0.2, 0) is 6.54 Å². The highest BCUT2D eigenvalue weighted by molar-refractivity contribution is 5.87. The first-order chi connectivity index (χ1) is 9.36. The van der Waals surface area contributed by atoms with E-state index in [-0.39, 0.29) is 0 Å². The Morgan fingerprint density at radius 3 is 3.00 bits per heavy atom. The molecule has 3 aromatic heterocycles. The Bertz CT molecular complexity index is 694. The second-order valence-corrected chi connectivity index (χ2v) is 4.05. The van der Waals surface area contributed by atoms with E-state index in [9.17, 15) is 0 Å². The van der Waals surface area contributed by atoms with Crippen molar-refractivity contribution < 1.29 is 9.15 Å². The number of hydrogen-bond donors (Lipinski definition) is 1. The van der Waals surface area contributed by atoms with Crippen LogP contribution in [0.3, 0.4) is 0 Å². The molecule has 0 spiro atoms. The molecule has 96 valence electrons. The molecule has 5 nitrogen and oxygen atoms in total. The number of hydrogen-bond acceptors (Lipinski definition) is 5. The van der Waals surface area contributed by atoms with Gasteiger partial charge in [0.15, 0.2) is 0 Å². The number of rotatable bonds is 4. The van der Waals surface area contributed by atoms with Gasteiger partial charge in [-0.1, -0.05) is 0 Å². The molecule has 3 heterocycles. The van der Waals surface area contributed by atoms with Crippen molar-refractivity contribution in [1.29, 1.82) is 0 Å². The fourth-order valence-corrected chi connectivity index (χ4v) is 1.89. The van der Waals surface area contributed by atoms with Crippen LogP contribution >= 0.6 is 0 Å². The SMILES string of the molecule is COc1cc(CNc2nccc3occc23)ccn1. The molecule has 0 saturated carbocycles. The first-order valence-corrected chi connectivity index (χ1v) is 5.92. The van der Waals surface area contributed by atoms with E-state index in [0.29, 0.717) is 12.4 Å². The molecule has 0 amide bonds. The predicted octanol–water partition coefficient (Wildman–Crippen LogP) is 2.84. The van der Waals surface area contributed by atoms with Crippen LogP contribution in [0.2, 0.25) is 0 Å². The number of fused-ring (bicyclic) bond motifs is 1. The zero-order valence-corrected chi connectivity index (χ0v) is 10.5. The summed E-state index contributed by atoms with van der Waals surface area (Å²) in [6.07, 6.45) is 5.11. The van der Waals surface area contributed by atoms with Gasteiger partial charge in [0.25, 0.3) is 0 Å². The second-order valence-electron chi connectivity index (χ2n) is 4.05. The molecule has 0 aliphatic rings. The summed E-state index contributed by atoms with van der Waals surface area (Å²) in [4.78, 5) is 8.39. The molecular formula is C14H13N3O2. The van der Waals surface area contributed by atoms with Crippen molar-refractivity contribution in [3.05, 3.63) is 48.5 Å². The number of anilines is 1. The molecule has 0 aliphatic carbocycles. The lowest BCUT2D eigenvalue weighted by Crippen LogP contribution is -2.02. The number of ether oxygens (including phenoxy) is 1. The third-order valence-electron chi connectivity index (χ3n) is 2.85. The summed E-state index contributed by atoms with van der Waals surface area (Å²) in [5.41, 5.74) is 1.90. The van der Waals surface area contributed by atoms with E-state index in [1.807, 2.05) is 24.3 Å². The van der Waals surface area contributed by atoms with Gasteiger partial charge in [-0.15, -0.1) is 0 Å². The van der Waals surface area contributed by atoms with Crippen LogP contribution in [0.4, 0.5) is 5.82 Å². The number of nitrogens with one attached hydrogen (secondary N) is 1. The van der Waals surface area contributed by atoms with Crippen molar-refractivity contribution in [2.75, 3.05) is 12.4 Å². The molecule has 19 heavy (non-hydrogen) atoms. The Hall–Kier alpha value is -2.56. The zero-order chi connectivity index (χ0) is 13.1. The summed E-state index contributed by atoms with van der Waals surface area (Å²) < 4.78 is 10.4. The molecule has 3 aromatic rings. The van der Waals surface area contributed by atoms with Crippen molar-refractivity contribution in [1.82, 2.24) is 9.97 Å². The Balaban J connectivity index is 1.80. The molecule has 0 radical (unpaired) electrons. The highest BCUT2D eigenvalue weighted by Crippen LogP contribution is 2.22. The van der Waals surface area contributed by atoms with E-state index in [0.717, 1.165) is 22.4 Å². The van der Waals surface area contributed by atoms with Crippen molar-refractivity contribution in [2.45, 2.75) is 6.54 Å². The van der Waals surface area contributed by atoms with Gasteiger partial charge in [-0.05, 0) is 23.8 Å². The molecule has 0 unspecified atom stereocenters. The Kier molecular flexibility index (Phi) is 3.02. The zero-order valence-electron chi connectivity index (χ0n) is 10.5. The van der Waals surface area contributed by atoms with Crippen molar-refractivity contribution in [3.63, 3.8) is 0 Å². The molecule has 0 saturated heterocycles. The highest BCUT2D eigenvalue weighted by Gasteiger charge is 2.04. The van der Waals surface area contributed by atoms with Crippen LogP contribution in [0.5, 0.6) is 5.88 Å². The maximum Gasteiger partial charge on any atom is 0.213 e. The first-order valence-electron chi connectivity index (χ1n) is 5.92. The largest absolute Gasteiger partial charge is 0.481 e. The minimum absolute atomic E-state index is 0.605. The Morgan fingerprint density at radius 1 is 1.21 bits per heavy atom. The second kappa shape index (κ2) is 4.97. The average molecular weight is 255 g/mol. The van der Waals surface area contributed by atoms with Crippen LogP contribution in [0.15, 0.2) is 47.3 Å². The number of aromatic nitrogens is 2. The summed E-state index contributed by atoms with van der Waals surface area (Å²) in [6.45, 7) is 0.649. The smallest absolute Gasteiger partial charge is 0.213 e. The quantitative estimate of drug-likeness (QED) is 0.776. The van der Waals surface area contributed by atoms with Crippen LogP contribution in [0.1, 0.15) is 5.56 Å². The van der Waals surface area contributed by atoms with Crippen LogP contribution in [-0.4, -0.2) is 17.1 Å². The summed E-state index contributed by atoms with van der Waals surface area (Å²) in [5.74, 6) is 1.41. The van der Waals surface area contributed by atoms with Gasteiger partial charge in [-0.25, -0.2) is 9.97 Å². The fourth-order valence-electron chi connectivity index (χ4n) is 1.89. The van der Waals surface area contributed by atoms with E-state index in [1.165, 1.54) is 0 Å². The molecule has 5 heteroatoms. The molecule has 3 rings (SSSR count). The number of pyridine rings is 2. The van der Waals surface area contributed by atoms with Crippen molar-refractivity contribution >= 4 is 16.8 Å². The maximum atomic E-state index is 5.34. The van der Waals surface area contributed by atoms with E-state index < -0.39 is 0 Å². The summed E-state index contributed by atoms with van der Waals surface area (Å²) in [7, 11) is 1.60. The topological polar surface area (TPSA) is 60.2 Å². The molecule has 0 aromatic carbocycles. The minimum atomic E-state index is 0.605. The van der Waals surface area contributed by atoms with Gasteiger partial charge in [-0.2, -0.15) is 0 Å². The van der Waals surface area contributed by atoms with Gasteiger partial charge < -0.3 is 14.5 Å². The van der Waals surface area contributed by atoms with Gasteiger partial charge in [0.1, 0.15) is 11.4 Å². The van der Waals surface area contributed by atoms with Crippen molar-refractivity contribution in [3.8, 4) is 5.88 Å². The highest BCUT2D eigenvalue weighted by atomic mass is 16.5. The maximum absolute atomic E-state index is 5.34.